The van der Waals surface area contributed by atoms with Crippen molar-refractivity contribution in [2.45, 2.75) is 11.3 Å². The first-order valence-corrected chi connectivity index (χ1v) is 13.0. The standard InChI is InChI=1S/C23H23ClN4O5S2/c1-25-34-23(30)28-35(31,32)21-13-15(6-8-17(21)19-5-3-4-11-26-19)10-12-27-22(29)18-14-16(24)7-9-20(18)33-2/h3-9,11,13-14,25H,10,12H2,1-2H3,(H,27,29)(H,28,30). The number of rotatable bonds is 9. The first-order chi connectivity index (χ1) is 16.7. The number of hydrogen-bond acceptors (Lipinski definition) is 8. The summed E-state index contributed by atoms with van der Waals surface area (Å²) in [5, 5.41) is 2.41. The highest BCUT2D eigenvalue weighted by atomic mass is 35.5. The average Bonchev–Trinajstić information content (AvgIpc) is 2.84. The van der Waals surface area contributed by atoms with Crippen LogP contribution in [0.3, 0.4) is 0 Å². The van der Waals surface area contributed by atoms with Crippen molar-refractivity contribution in [2.75, 3.05) is 20.7 Å². The van der Waals surface area contributed by atoms with Gasteiger partial charge in [0.05, 0.1) is 23.3 Å². The van der Waals surface area contributed by atoms with Crippen LogP contribution in [-0.4, -0.2) is 45.3 Å². The molecule has 0 aliphatic rings. The molecule has 9 nitrogen and oxygen atoms in total. The molecule has 0 atom stereocenters. The number of sulfonamides is 1. The fourth-order valence-corrected chi connectivity index (χ4v) is 5.18. The lowest BCUT2D eigenvalue weighted by Crippen LogP contribution is -2.29. The molecule has 3 N–H and O–H groups in total. The van der Waals surface area contributed by atoms with Gasteiger partial charge in [-0.2, -0.15) is 0 Å². The van der Waals surface area contributed by atoms with Crippen LogP contribution in [0, 0.1) is 0 Å². The molecule has 0 aliphatic carbocycles. The molecular weight excluding hydrogens is 512 g/mol. The molecular formula is C23H23ClN4O5S2. The van der Waals surface area contributed by atoms with Crippen LogP contribution in [-0.2, 0) is 16.4 Å². The van der Waals surface area contributed by atoms with Gasteiger partial charge in [0.25, 0.3) is 15.9 Å². The lowest BCUT2D eigenvalue weighted by atomic mass is 10.1. The maximum Gasteiger partial charge on any atom is 0.307 e. The second-order valence-electron chi connectivity index (χ2n) is 7.10. The topological polar surface area (TPSA) is 126 Å². The van der Waals surface area contributed by atoms with Crippen molar-refractivity contribution >= 4 is 44.7 Å². The second-order valence-corrected chi connectivity index (χ2v) is 10.2. The Labute approximate surface area is 212 Å². The van der Waals surface area contributed by atoms with Gasteiger partial charge in [-0.1, -0.05) is 29.8 Å². The van der Waals surface area contributed by atoms with E-state index >= 15 is 0 Å². The third kappa shape index (κ3) is 6.95. The summed E-state index contributed by atoms with van der Waals surface area (Å²) in [6.07, 6.45) is 1.88. The molecule has 1 heterocycles. The van der Waals surface area contributed by atoms with Crippen LogP contribution in [0.25, 0.3) is 11.3 Å². The summed E-state index contributed by atoms with van der Waals surface area (Å²) in [7, 11) is -1.24. The van der Waals surface area contributed by atoms with Crippen LogP contribution >= 0.6 is 23.5 Å². The average molecular weight is 535 g/mol. The number of carbonyl (C=O) groups excluding carboxylic acids is 2. The van der Waals surface area contributed by atoms with Gasteiger partial charge < -0.3 is 10.1 Å². The molecule has 0 fully saturated rings. The van der Waals surface area contributed by atoms with Crippen molar-refractivity contribution in [1.29, 1.82) is 0 Å². The van der Waals surface area contributed by atoms with Crippen LogP contribution < -0.4 is 19.5 Å². The monoisotopic (exact) mass is 534 g/mol. The lowest BCUT2D eigenvalue weighted by molar-refractivity contribution is 0.0951. The van der Waals surface area contributed by atoms with E-state index < -0.39 is 15.3 Å². The maximum absolute atomic E-state index is 13.0. The van der Waals surface area contributed by atoms with E-state index in [2.05, 4.69) is 15.0 Å². The molecule has 12 heteroatoms. The van der Waals surface area contributed by atoms with Gasteiger partial charge in [0, 0.05) is 35.3 Å². The largest absolute Gasteiger partial charge is 0.496 e. The van der Waals surface area contributed by atoms with Crippen LogP contribution in [0.15, 0.2) is 65.7 Å². The van der Waals surface area contributed by atoms with Gasteiger partial charge in [0.2, 0.25) is 0 Å². The second kappa shape index (κ2) is 12.0. The Hall–Kier alpha value is -3.12. The quantitative estimate of drug-likeness (QED) is 0.355. The zero-order chi connectivity index (χ0) is 25.4. The van der Waals surface area contributed by atoms with E-state index in [-0.39, 0.29) is 17.3 Å². The molecule has 0 radical (unpaired) electrons. The van der Waals surface area contributed by atoms with Crippen LogP contribution in [0.5, 0.6) is 5.75 Å². The van der Waals surface area contributed by atoms with Crippen LogP contribution in [0.2, 0.25) is 5.02 Å². The molecule has 3 rings (SSSR count). The molecule has 184 valence electrons. The van der Waals surface area contributed by atoms with Crippen LogP contribution in [0.4, 0.5) is 4.79 Å². The summed E-state index contributed by atoms with van der Waals surface area (Å²) in [6.45, 7) is 0.221. The Bertz CT molecular complexity index is 1320. The third-order valence-electron chi connectivity index (χ3n) is 4.79. The molecule has 3 aromatic rings. The number of methoxy groups -OCH3 is 1. The van der Waals surface area contributed by atoms with E-state index in [1.807, 2.05) is 4.72 Å². The molecule has 0 spiro atoms. The molecule has 35 heavy (non-hydrogen) atoms. The molecule has 0 unspecified atom stereocenters. The van der Waals surface area contributed by atoms with Crippen molar-refractivity contribution < 1.29 is 22.7 Å². The van der Waals surface area contributed by atoms with Gasteiger partial charge in [-0.05, 0) is 55.4 Å². The highest BCUT2D eigenvalue weighted by Crippen LogP contribution is 2.28. The minimum Gasteiger partial charge on any atom is -0.496 e. The van der Waals surface area contributed by atoms with Gasteiger partial charge in [0.1, 0.15) is 5.75 Å². The van der Waals surface area contributed by atoms with Gasteiger partial charge in [0.15, 0.2) is 0 Å². The minimum absolute atomic E-state index is 0.0957. The molecule has 1 aromatic heterocycles. The Balaban J connectivity index is 1.83. The summed E-state index contributed by atoms with van der Waals surface area (Å²) in [6, 6.07) is 14.7. The van der Waals surface area contributed by atoms with E-state index in [4.69, 9.17) is 16.3 Å². The highest BCUT2D eigenvalue weighted by molar-refractivity contribution is 8.13. The summed E-state index contributed by atoms with van der Waals surface area (Å²) >= 11 is 6.61. The Kier molecular flexibility index (Phi) is 9.10. The number of nitrogens with one attached hydrogen (secondary N) is 3. The minimum atomic E-state index is -4.20. The smallest absolute Gasteiger partial charge is 0.307 e. The first kappa shape index (κ1) is 26.5. The van der Waals surface area contributed by atoms with Crippen molar-refractivity contribution in [3.63, 3.8) is 0 Å². The number of halogens is 1. The number of carbonyl (C=O) groups is 2. The van der Waals surface area contributed by atoms with E-state index in [0.29, 0.717) is 51.5 Å². The predicted octanol–water partition coefficient (Wildman–Crippen LogP) is 3.65. The molecule has 0 aliphatic heterocycles. The predicted molar refractivity (Wildman–Crippen MR) is 136 cm³/mol. The Morgan fingerprint density at radius 1 is 1.11 bits per heavy atom. The maximum atomic E-state index is 13.0. The zero-order valence-electron chi connectivity index (χ0n) is 18.9. The van der Waals surface area contributed by atoms with Gasteiger partial charge >= 0.3 is 5.24 Å². The molecule has 2 amide bonds. The first-order valence-electron chi connectivity index (χ1n) is 10.3. The lowest BCUT2D eigenvalue weighted by Gasteiger charge is -2.14. The number of benzene rings is 2. The Morgan fingerprint density at radius 2 is 1.91 bits per heavy atom. The summed E-state index contributed by atoms with van der Waals surface area (Å²) < 4.78 is 35.9. The molecule has 0 saturated carbocycles. The summed E-state index contributed by atoms with van der Waals surface area (Å²) in [5.41, 5.74) is 1.71. The van der Waals surface area contributed by atoms with E-state index in [9.17, 15) is 18.0 Å². The fourth-order valence-electron chi connectivity index (χ4n) is 3.23. The van der Waals surface area contributed by atoms with Gasteiger partial charge in [-0.25, -0.2) is 13.1 Å². The SMILES string of the molecule is CNSC(=O)NS(=O)(=O)c1cc(CCNC(=O)c2cc(Cl)ccc2OC)ccc1-c1ccccn1. The van der Waals surface area contributed by atoms with Gasteiger partial charge in [-0.3, -0.25) is 19.3 Å². The van der Waals surface area contributed by atoms with E-state index in [1.165, 1.54) is 26.3 Å². The number of pyridine rings is 1. The van der Waals surface area contributed by atoms with Crippen molar-refractivity contribution in [3.05, 3.63) is 76.9 Å². The number of amides is 2. The number of aromatic nitrogens is 1. The number of nitrogens with zero attached hydrogens (tertiary/aromatic N) is 1. The fraction of sp³-hybridized carbons (Fsp3) is 0.174. The molecule has 0 saturated heterocycles. The van der Waals surface area contributed by atoms with E-state index in [0.717, 1.165) is 0 Å². The molecule has 2 aromatic carbocycles. The summed E-state index contributed by atoms with van der Waals surface area (Å²) in [5.74, 6) is 0.00817. The van der Waals surface area contributed by atoms with Crippen molar-refractivity contribution in [2.24, 2.45) is 0 Å². The highest BCUT2D eigenvalue weighted by Gasteiger charge is 2.23. The molecule has 0 bridgehead atoms. The number of ether oxygens (including phenoxy) is 1. The normalized spacial score (nSPS) is 11.1. The van der Waals surface area contributed by atoms with E-state index in [1.54, 1.807) is 48.7 Å². The van der Waals surface area contributed by atoms with Crippen molar-refractivity contribution in [3.8, 4) is 17.0 Å². The zero-order valence-corrected chi connectivity index (χ0v) is 21.3. The van der Waals surface area contributed by atoms with Crippen molar-refractivity contribution in [1.82, 2.24) is 19.7 Å². The van der Waals surface area contributed by atoms with Gasteiger partial charge in [-0.15, -0.1) is 0 Å². The third-order valence-corrected chi connectivity index (χ3v) is 7.02. The Morgan fingerprint density at radius 3 is 2.60 bits per heavy atom. The number of hydrogen-bond donors (Lipinski definition) is 3. The summed E-state index contributed by atoms with van der Waals surface area (Å²) in [4.78, 5) is 28.7. The van der Waals surface area contributed by atoms with Crippen LogP contribution in [0.1, 0.15) is 15.9 Å².